The van der Waals surface area contributed by atoms with Crippen LogP contribution in [0, 0.1) is 17.2 Å². The Balaban J connectivity index is 4.91. The fraction of sp³-hybridized carbons (Fsp3) is 0.667. The molecule has 0 aliphatic rings. The second-order valence-electron chi connectivity index (χ2n) is 3.35. The van der Waals surface area contributed by atoms with Crippen LogP contribution in [0.25, 0.3) is 0 Å². The minimum atomic E-state index is -0.0894. The zero-order valence-electron chi connectivity index (χ0n) is 9.96. The second kappa shape index (κ2) is 7.05. The van der Waals surface area contributed by atoms with Gasteiger partial charge in [-0.25, -0.2) is 0 Å². The third-order valence-electron chi connectivity index (χ3n) is 2.43. The fourth-order valence-corrected chi connectivity index (χ4v) is 1.46. The van der Waals surface area contributed by atoms with E-state index in [0.717, 1.165) is 12.8 Å². The molecule has 3 nitrogen and oxygen atoms in total. The van der Waals surface area contributed by atoms with Gasteiger partial charge in [-0.15, -0.1) is 0 Å². The first kappa shape index (κ1) is 13.7. The lowest BCUT2D eigenvalue weighted by Gasteiger charge is -2.12. The van der Waals surface area contributed by atoms with Crippen LogP contribution in [-0.4, -0.2) is 12.4 Å². The quantitative estimate of drug-likeness (QED) is 0.384. The van der Waals surface area contributed by atoms with Crippen molar-refractivity contribution < 1.29 is 9.53 Å². The third-order valence-corrected chi connectivity index (χ3v) is 2.43. The number of nitrogens with zero attached hydrogens (tertiary/aromatic N) is 1. The summed E-state index contributed by atoms with van der Waals surface area (Å²) in [5, 5.41) is 8.92. The van der Waals surface area contributed by atoms with Gasteiger partial charge in [0.15, 0.2) is 5.78 Å². The van der Waals surface area contributed by atoms with Crippen LogP contribution < -0.4 is 0 Å². The van der Waals surface area contributed by atoms with Crippen molar-refractivity contribution in [3.63, 3.8) is 0 Å². The molecule has 0 radical (unpaired) electrons. The minimum absolute atomic E-state index is 0.0601. The number of ketones is 1. The van der Waals surface area contributed by atoms with Gasteiger partial charge in [0.25, 0.3) is 0 Å². The Labute approximate surface area is 91.7 Å². The molecule has 3 heteroatoms. The number of hydrogen-bond donors (Lipinski definition) is 0. The molecule has 0 rings (SSSR count). The normalized spacial score (nSPS) is 12.0. The molecule has 0 fully saturated rings. The van der Waals surface area contributed by atoms with E-state index in [1.54, 1.807) is 6.92 Å². The highest BCUT2D eigenvalue weighted by Gasteiger charge is 2.21. The van der Waals surface area contributed by atoms with Gasteiger partial charge in [0.2, 0.25) is 0 Å². The topological polar surface area (TPSA) is 50.1 Å². The standard InChI is InChI=1S/C12H19NO2/c1-5-10(6-2)12(14)11(8-13)9(4)15-7-3/h10H,5-7H2,1-4H3. The van der Waals surface area contributed by atoms with Gasteiger partial charge in [-0.05, 0) is 26.7 Å². The molecule has 0 unspecified atom stereocenters. The molecular weight excluding hydrogens is 190 g/mol. The van der Waals surface area contributed by atoms with Crippen molar-refractivity contribution in [3.05, 3.63) is 11.3 Å². The molecule has 0 aromatic carbocycles. The SMILES string of the molecule is CCOC(C)=C(C#N)C(=O)C(CC)CC. The van der Waals surface area contributed by atoms with Crippen LogP contribution in [-0.2, 0) is 9.53 Å². The lowest BCUT2D eigenvalue weighted by molar-refractivity contribution is -0.119. The van der Waals surface area contributed by atoms with Gasteiger partial charge in [0.1, 0.15) is 17.4 Å². The van der Waals surface area contributed by atoms with Crippen molar-refractivity contribution in [1.29, 1.82) is 5.26 Å². The van der Waals surface area contributed by atoms with E-state index in [4.69, 9.17) is 10.00 Å². The molecule has 15 heavy (non-hydrogen) atoms. The van der Waals surface area contributed by atoms with E-state index in [9.17, 15) is 4.79 Å². The lowest BCUT2D eigenvalue weighted by Crippen LogP contribution is -2.16. The van der Waals surface area contributed by atoms with E-state index < -0.39 is 0 Å². The number of nitriles is 1. The smallest absolute Gasteiger partial charge is 0.179 e. The molecule has 84 valence electrons. The first-order valence-electron chi connectivity index (χ1n) is 5.40. The predicted molar refractivity (Wildman–Crippen MR) is 59.0 cm³/mol. The lowest BCUT2D eigenvalue weighted by atomic mass is 9.93. The van der Waals surface area contributed by atoms with Gasteiger partial charge in [-0.2, -0.15) is 5.26 Å². The summed E-state index contributed by atoms with van der Waals surface area (Å²) in [7, 11) is 0. The highest BCUT2D eigenvalue weighted by Crippen LogP contribution is 2.17. The van der Waals surface area contributed by atoms with E-state index in [0.29, 0.717) is 12.4 Å². The fourth-order valence-electron chi connectivity index (χ4n) is 1.46. The van der Waals surface area contributed by atoms with Crippen LogP contribution in [0.5, 0.6) is 0 Å². The van der Waals surface area contributed by atoms with Crippen LogP contribution in [0.2, 0.25) is 0 Å². The van der Waals surface area contributed by atoms with Crippen molar-refractivity contribution in [1.82, 2.24) is 0 Å². The predicted octanol–water partition coefficient (Wildman–Crippen LogP) is 2.83. The molecular formula is C12H19NO2. The summed E-state index contributed by atoms with van der Waals surface area (Å²) in [4.78, 5) is 11.9. The summed E-state index contributed by atoms with van der Waals surface area (Å²) >= 11 is 0. The monoisotopic (exact) mass is 209 g/mol. The summed E-state index contributed by atoms with van der Waals surface area (Å²) in [6.07, 6.45) is 1.53. The van der Waals surface area contributed by atoms with Crippen molar-refractivity contribution in [3.8, 4) is 6.07 Å². The van der Waals surface area contributed by atoms with Crippen LogP contribution in [0.15, 0.2) is 11.3 Å². The maximum absolute atomic E-state index is 11.9. The molecule has 0 saturated heterocycles. The Morgan fingerprint density at radius 2 is 1.87 bits per heavy atom. The number of hydrogen-bond acceptors (Lipinski definition) is 3. The summed E-state index contributed by atoms with van der Waals surface area (Å²) < 4.78 is 5.19. The van der Waals surface area contributed by atoms with Crippen molar-refractivity contribution >= 4 is 5.78 Å². The molecule has 0 N–H and O–H groups in total. The Kier molecular flexibility index (Phi) is 6.44. The second-order valence-corrected chi connectivity index (χ2v) is 3.35. The van der Waals surface area contributed by atoms with E-state index in [1.807, 2.05) is 26.8 Å². The molecule has 0 aromatic heterocycles. The molecule has 0 amide bonds. The largest absolute Gasteiger partial charge is 0.497 e. The van der Waals surface area contributed by atoms with E-state index >= 15 is 0 Å². The van der Waals surface area contributed by atoms with Crippen LogP contribution in [0.3, 0.4) is 0 Å². The van der Waals surface area contributed by atoms with E-state index in [2.05, 4.69) is 0 Å². The van der Waals surface area contributed by atoms with E-state index in [-0.39, 0.29) is 17.3 Å². The number of carbonyl (C=O) groups is 1. The zero-order valence-corrected chi connectivity index (χ0v) is 9.96. The number of rotatable bonds is 6. The van der Waals surface area contributed by atoms with Gasteiger partial charge >= 0.3 is 0 Å². The van der Waals surface area contributed by atoms with Crippen LogP contribution in [0.4, 0.5) is 0 Å². The number of Topliss-reactive ketones (excluding diaryl/α,β-unsaturated/α-hetero) is 1. The maximum atomic E-state index is 11.9. The van der Waals surface area contributed by atoms with Gasteiger partial charge in [-0.3, -0.25) is 4.79 Å². The summed E-state index contributed by atoms with van der Waals surface area (Å²) in [5.41, 5.74) is 0.172. The van der Waals surface area contributed by atoms with Crippen LogP contribution >= 0.6 is 0 Å². The highest BCUT2D eigenvalue weighted by atomic mass is 16.5. The molecule has 0 heterocycles. The molecule has 0 aliphatic heterocycles. The third kappa shape index (κ3) is 3.75. The minimum Gasteiger partial charge on any atom is -0.497 e. The number of ether oxygens (including phenoxy) is 1. The molecule has 0 saturated carbocycles. The average Bonchev–Trinajstić information content (AvgIpc) is 2.21. The molecule has 0 atom stereocenters. The Hall–Kier alpha value is -1.30. The zero-order chi connectivity index (χ0) is 11.8. The Morgan fingerprint density at radius 3 is 2.20 bits per heavy atom. The number of carbonyl (C=O) groups excluding carboxylic acids is 1. The van der Waals surface area contributed by atoms with Crippen LogP contribution in [0.1, 0.15) is 40.5 Å². The molecule has 0 aliphatic carbocycles. The Morgan fingerprint density at radius 1 is 1.33 bits per heavy atom. The van der Waals surface area contributed by atoms with Crippen molar-refractivity contribution in [2.45, 2.75) is 40.5 Å². The van der Waals surface area contributed by atoms with Crippen molar-refractivity contribution in [2.75, 3.05) is 6.61 Å². The van der Waals surface area contributed by atoms with E-state index in [1.165, 1.54) is 0 Å². The molecule has 0 spiro atoms. The number of allylic oxidation sites excluding steroid dienone is 2. The summed E-state index contributed by atoms with van der Waals surface area (Å²) in [6, 6.07) is 1.94. The first-order chi connectivity index (χ1) is 7.12. The van der Waals surface area contributed by atoms with Gasteiger partial charge in [-0.1, -0.05) is 13.8 Å². The highest BCUT2D eigenvalue weighted by molar-refractivity contribution is 6.00. The van der Waals surface area contributed by atoms with Gasteiger partial charge in [0.05, 0.1) is 6.61 Å². The Bertz CT molecular complexity index is 282. The molecule has 0 bridgehead atoms. The first-order valence-corrected chi connectivity index (χ1v) is 5.40. The summed E-state index contributed by atoms with van der Waals surface area (Å²) in [5.74, 6) is 0.292. The van der Waals surface area contributed by atoms with Gasteiger partial charge < -0.3 is 4.74 Å². The molecule has 0 aromatic rings. The van der Waals surface area contributed by atoms with Crippen molar-refractivity contribution in [2.24, 2.45) is 5.92 Å². The average molecular weight is 209 g/mol. The maximum Gasteiger partial charge on any atom is 0.179 e. The summed E-state index contributed by atoms with van der Waals surface area (Å²) in [6.45, 7) is 7.89. The van der Waals surface area contributed by atoms with Gasteiger partial charge in [0, 0.05) is 5.92 Å².